The Morgan fingerprint density at radius 2 is 2.10 bits per heavy atom. The lowest BCUT2D eigenvalue weighted by molar-refractivity contribution is -0.136. The molecule has 1 aliphatic heterocycles. The van der Waals surface area contributed by atoms with Crippen LogP contribution in [0.1, 0.15) is 63.0 Å². The topological polar surface area (TPSA) is 38.1 Å². The number of imidazole rings is 1. The highest BCUT2D eigenvalue weighted by Crippen LogP contribution is 2.41. The number of hydrogen-bond acceptors (Lipinski definition) is 2. The van der Waals surface area contributed by atoms with Crippen molar-refractivity contribution in [3.05, 3.63) is 17.7 Å². The molecule has 0 N–H and O–H groups in total. The summed E-state index contributed by atoms with van der Waals surface area (Å²) in [6.45, 7) is 7.89. The first-order valence-electron chi connectivity index (χ1n) is 7.90. The molecule has 4 heteroatoms. The fourth-order valence-corrected chi connectivity index (χ4v) is 3.31. The molecule has 4 nitrogen and oxygen atoms in total. The van der Waals surface area contributed by atoms with Crippen molar-refractivity contribution in [3.8, 4) is 0 Å². The minimum absolute atomic E-state index is 0.0977. The van der Waals surface area contributed by atoms with Crippen molar-refractivity contribution in [2.45, 2.75) is 58.4 Å². The van der Waals surface area contributed by atoms with E-state index in [1.807, 2.05) is 20.0 Å². The van der Waals surface area contributed by atoms with Crippen molar-refractivity contribution in [1.29, 1.82) is 0 Å². The largest absolute Gasteiger partial charge is 0.340 e. The number of aromatic nitrogens is 2. The van der Waals surface area contributed by atoms with E-state index in [9.17, 15) is 4.79 Å². The molecule has 20 heavy (non-hydrogen) atoms. The summed E-state index contributed by atoms with van der Waals surface area (Å²) in [6, 6.07) is 0.421. The molecule has 0 spiro atoms. The van der Waals surface area contributed by atoms with Crippen molar-refractivity contribution in [2.24, 2.45) is 5.92 Å². The first-order valence-corrected chi connectivity index (χ1v) is 7.90. The molecule has 1 amide bonds. The van der Waals surface area contributed by atoms with Crippen LogP contribution in [0.2, 0.25) is 0 Å². The van der Waals surface area contributed by atoms with E-state index in [-0.39, 0.29) is 5.92 Å². The quantitative estimate of drug-likeness (QED) is 0.850. The highest BCUT2D eigenvalue weighted by Gasteiger charge is 2.33. The number of carbonyl (C=O) groups is 1. The van der Waals surface area contributed by atoms with Crippen molar-refractivity contribution < 1.29 is 4.79 Å². The Bertz CT molecular complexity index is 502. The zero-order chi connectivity index (χ0) is 14.3. The first kappa shape index (κ1) is 13.7. The summed E-state index contributed by atoms with van der Waals surface area (Å²) >= 11 is 0. The average molecular weight is 275 g/mol. The van der Waals surface area contributed by atoms with Gasteiger partial charge in [-0.3, -0.25) is 4.79 Å². The molecule has 1 atom stereocenters. The maximum atomic E-state index is 12.2. The maximum absolute atomic E-state index is 12.2. The van der Waals surface area contributed by atoms with Gasteiger partial charge in [0.1, 0.15) is 5.82 Å². The first-order chi connectivity index (χ1) is 9.58. The zero-order valence-electron chi connectivity index (χ0n) is 12.8. The predicted molar refractivity (Wildman–Crippen MR) is 78.6 cm³/mol. The Morgan fingerprint density at radius 3 is 2.75 bits per heavy atom. The third-order valence-electron chi connectivity index (χ3n) is 4.52. The summed E-state index contributed by atoms with van der Waals surface area (Å²) in [5.74, 6) is 2.31. The van der Waals surface area contributed by atoms with Crippen LogP contribution < -0.4 is 0 Å². The molecule has 2 fully saturated rings. The number of carbonyl (C=O) groups excluding carboxylic acids is 1. The van der Waals surface area contributed by atoms with E-state index in [0.717, 1.165) is 19.5 Å². The number of piperidine rings is 1. The second-order valence-corrected chi connectivity index (χ2v) is 6.64. The van der Waals surface area contributed by atoms with Crippen molar-refractivity contribution in [1.82, 2.24) is 14.5 Å². The summed E-state index contributed by atoms with van der Waals surface area (Å²) < 4.78 is 2.41. The summed E-state index contributed by atoms with van der Waals surface area (Å²) in [6.07, 6.45) is 6.82. The van der Waals surface area contributed by atoms with Gasteiger partial charge in [-0.05, 0) is 32.6 Å². The van der Waals surface area contributed by atoms with Crippen LogP contribution in [0.3, 0.4) is 0 Å². The van der Waals surface area contributed by atoms with Crippen molar-refractivity contribution in [3.63, 3.8) is 0 Å². The van der Waals surface area contributed by atoms with Gasteiger partial charge in [0.25, 0.3) is 0 Å². The van der Waals surface area contributed by atoms with Gasteiger partial charge in [0.05, 0.1) is 6.04 Å². The normalized spacial score (nSPS) is 23.4. The Labute approximate surface area is 121 Å². The Morgan fingerprint density at radius 1 is 1.35 bits per heavy atom. The number of hydrogen-bond donors (Lipinski definition) is 0. The predicted octanol–water partition coefficient (Wildman–Crippen LogP) is 2.89. The standard InChI is InChI=1S/C16H25N3O/c1-11(2)16(20)18-8-4-5-14(10-18)19-12(3)9-17-15(19)13-6-7-13/h9,11,13-14H,4-8,10H2,1-3H3. The number of nitrogens with zero attached hydrogens (tertiary/aromatic N) is 3. The maximum Gasteiger partial charge on any atom is 0.225 e. The molecule has 1 saturated carbocycles. The monoisotopic (exact) mass is 275 g/mol. The van der Waals surface area contributed by atoms with E-state index in [0.29, 0.717) is 17.9 Å². The second-order valence-electron chi connectivity index (χ2n) is 6.64. The molecule has 2 aliphatic rings. The molecular weight excluding hydrogens is 250 g/mol. The second kappa shape index (κ2) is 5.23. The highest BCUT2D eigenvalue weighted by molar-refractivity contribution is 5.78. The van der Waals surface area contributed by atoms with Crippen LogP contribution in [0, 0.1) is 12.8 Å². The average Bonchev–Trinajstić information content (AvgIpc) is 3.21. The van der Waals surface area contributed by atoms with E-state index in [1.54, 1.807) is 0 Å². The summed E-state index contributed by atoms with van der Waals surface area (Å²) in [4.78, 5) is 18.9. The van der Waals surface area contributed by atoms with E-state index in [2.05, 4.69) is 21.4 Å². The van der Waals surface area contributed by atoms with E-state index < -0.39 is 0 Å². The molecule has 1 saturated heterocycles. The van der Waals surface area contributed by atoms with Crippen LogP contribution in [-0.2, 0) is 4.79 Å². The molecule has 0 aromatic carbocycles. The third kappa shape index (κ3) is 2.48. The van der Waals surface area contributed by atoms with Crippen molar-refractivity contribution >= 4 is 5.91 Å². The fourth-order valence-electron chi connectivity index (χ4n) is 3.31. The number of likely N-dealkylation sites (tertiary alicyclic amines) is 1. The Balaban J connectivity index is 1.80. The number of amides is 1. The van der Waals surface area contributed by atoms with Gasteiger partial charge in [-0.25, -0.2) is 4.98 Å². The Kier molecular flexibility index (Phi) is 3.57. The van der Waals surface area contributed by atoms with Gasteiger partial charge in [-0.15, -0.1) is 0 Å². The van der Waals surface area contributed by atoms with E-state index >= 15 is 0 Å². The van der Waals surface area contributed by atoms with Gasteiger partial charge in [0.2, 0.25) is 5.91 Å². The van der Waals surface area contributed by atoms with Gasteiger partial charge < -0.3 is 9.47 Å². The van der Waals surface area contributed by atoms with Crippen LogP contribution in [0.4, 0.5) is 0 Å². The lowest BCUT2D eigenvalue weighted by atomic mass is 10.0. The van der Waals surface area contributed by atoms with Gasteiger partial charge in [0, 0.05) is 36.8 Å². The van der Waals surface area contributed by atoms with Gasteiger partial charge >= 0.3 is 0 Å². The molecule has 3 rings (SSSR count). The van der Waals surface area contributed by atoms with Crippen LogP contribution in [0.15, 0.2) is 6.20 Å². The van der Waals surface area contributed by atoms with Gasteiger partial charge in [-0.1, -0.05) is 13.8 Å². The molecule has 0 bridgehead atoms. The molecule has 1 aromatic heterocycles. The SMILES string of the molecule is Cc1cnc(C2CC2)n1C1CCCN(C(=O)C(C)C)C1. The molecule has 1 aromatic rings. The molecule has 110 valence electrons. The van der Waals surface area contributed by atoms with Crippen LogP contribution in [-0.4, -0.2) is 33.4 Å². The molecule has 0 radical (unpaired) electrons. The third-order valence-corrected chi connectivity index (χ3v) is 4.52. The highest BCUT2D eigenvalue weighted by atomic mass is 16.2. The molecule has 1 aliphatic carbocycles. The summed E-state index contributed by atoms with van der Waals surface area (Å²) in [5, 5.41) is 0. The number of aryl methyl sites for hydroxylation is 1. The summed E-state index contributed by atoms with van der Waals surface area (Å²) in [5.41, 5.74) is 1.25. The van der Waals surface area contributed by atoms with E-state index in [4.69, 9.17) is 0 Å². The van der Waals surface area contributed by atoms with Crippen molar-refractivity contribution in [2.75, 3.05) is 13.1 Å². The van der Waals surface area contributed by atoms with Gasteiger partial charge in [0.15, 0.2) is 0 Å². The molecule has 1 unspecified atom stereocenters. The van der Waals surface area contributed by atoms with Crippen LogP contribution in [0.5, 0.6) is 0 Å². The fraction of sp³-hybridized carbons (Fsp3) is 0.750. The van der Waals surface area contributed by atoms with E-state index in [1.165, 1.54) is 30.8 Å². The smallest absolute Gasteiger partial charge is 0.225 e. The zero-order valence-corrected chi connectivity index (χ0v) is 12.8. The van der Waals surface area contributed by atoms with Gasteiger partial charge in [-0.2, -0.15) is 0 Å². The lowest BCUT2D eigenvalue weighted by Crippen LogP contribution is -2.43. The lowest BCUT2D eigenvalue weighted by Gasteiger charge is -2.35. The number of rotatable bonds is 3. The minimum Gasteiger partial charge on any atom is -0.340 e. The van der Waals surface area contributed by atoms with Crippen LogP contribution in [0.25, 0.3) is 0 Å². The molecule has 2 heterocycles. The molecular formula is C16H25N3O. The van der Waals surface area contributed by atoms with Crippen LogP contribution >= 0.6 is 0 Å². The summed E-state index contributed by atoms with van der Waals surface area (Å²) in [7, 11) is 0. The Hall–Kier alpha value is -1.32. The minimum atomic E-state index is 0.0977.